The lowest BCUT2D eigenvalue weighted by atomic mass is 10.2. The summed E-state index contributed by atoms with van der Waals surface area (Å²) in [5.74, 6) is -0.160. The van der Waals surface area contributed by atoms with Crippen molar-refractivity contribution in [2.45, 2.75) is 6.92 Å². The van der Waals surface area contributed by atoms with Gasteiger partial charge in [-0.2, -0.15) is 0 Å². The second-order valence-electron chi connectivity index (χ2n) is 2.52. The van der Waals surface area contributed by atoms with Gasteiger partial charge in [0.1, 0.15) is 0 Å². The molecule has 0 aliphatic carbocycles. The fourth-order valence-corrected chi connectivity index (χ4v) is 1.47. The first-order valence-corrected chi connectivity index (χ1v) is 4.63. The van der Waals surface area contributed by atoms with Gasteiger partial charge in [-0.1, -0.05) is 23.2 Å². The summed E-state index contributed by atoms with van der Waals surface area (Å²) in [5.41, 5.74) is 0.486. The van der Waals surface area contributed by atoms with E-state index in [0.717, 1.165) is 0 Å². The van der Waals surface area contributed by atoms with Crippen LogP contribution in [0.2, 0.25) is 10.0 Å². The van der Waals surface area contributed by atoms with E-state index in [0.29, 0.717) is 22.2 Å². The predicted octanol–water partition coefficient (Wildman–Crippen LogP) is 2.74. The summed E-state index contributed by atoms with van der Waals surface area (Å²) >= 11 is 11.5. The molecule has 70 valence electrons. The van der Waals surface area contributed by atoms with Gasteiger partial charge in [0.2, 0.25) is 0 Å². The Labute approximate surface area is 86.8 Å². The molecule has 4 heteroatoms. The Bertz CT molecular complexity index is 305. The zero-order valence-corrected chi connectivity index (χ0v) is 8.62. The second-order valence-corrected chi connectivity index (χ2v) is 3.39. The highest BCUT2D eigenvalue weighted by molar-refractivity contribution is 6.35. The van der Waals surface area contributed by atoms with Crippen LogP contribution in [0.1, 0.15) is 17.3 Å². The van der Waals surface area contributed by atoms with Gasteiger partial charge in [-0.05, 0) is 25.1 Å². The Kier molecular flexibility index (Phi) is 3.58. The summed E-state index contributed by atoms with van der Waals surface area (Å²) in [6.45, 7) is 2.44. The molecule has 0 aliphatic heterocycles. The minimum absolute atomic E-state index is 0.160. The molecular formula is C9H9Cl2NO. The van der Waals surface area contributed by atoms with E-state index in [1.54, 1.807) is 18.2 Å². The zero-order valence-electron chi connectivity index (χ0n) is 7.10. The van der Waals surface area contributed by atoms with Gasteiger partial charge in [-0.3, -0.25) is 4.79 Å². The number of carbonyl (C=O) groups excluding carboxylic acids is 1. The lowest BCUT2D eigenvalue weighted by molar-refractivity contribution is 0.0956. The summed E-state index contributed by atoms with van der Waals surface area (Å²) < 4.78 is 0. The van der Waals surface area contributed by atoms with Gasteiger partial charge in [-0.15, -0.1) is 0 Å². The maximum Gasteiger partial charge on any atom is 0.251 e. The lowest BCUT2D eigenvalue weighted by Crippen LogP contribution is -2.22. The van der Waals surface area contributed by atoms with E-state index in [1.165, 1.54) is 0 Å². The first kappa shape index (κ1) is 10.4. The van der Waals surface area contributed by atoms with E-state index in [9.17, 15) is 4.79 Å². The first-order valence-electron chi connectivity index (χ1n) is 3.87. The van der Waals surface area contributed by atoms with Crippen molar-refractivity contribution in [1.29, 1.82) is 0 Å². The summed E-state index contributed by atoms with van der Waals surface area (Å²) in [6.07, 6.45) is 0. The number of rotatable bonds is 2. The van der Waals surface area contributed by atoms with Crippen LogP contribution in [0.15, 0.2) is 18.2 Å². The van der Waals surface area contributed by atoms with Crippen LogP contribution in [0.4, 0.5) is 0 Å². The van der Waals surface area contributed by atoms with Gasteiger partial charge in [0.25, 0.3) is 5.91 Å². The molecule has 1 N–H and O–H groups in total. The molecule has 1 aromatic rings. The van der Waals surface area contributed by atoms with E-state index in [-0.39, 0.29) is 5.91 Å². The number of halogens is 2. The monoisotopic (exact) mass is 217 g/mol. The molecule has 0 saturated heterocycles. The van der Waals surface area contributed by atoms with Gasteiger partial charge in [0, 0.05) is 22.2 Å². The topological polar surface area (TPSA) is 29.1 Å². The number of hydrogen-bond donors (Lipinski definition) is 1. The molecule has 1 amide bonds. The molecule has 0 heterocycles. The summed E-state index contributed by atoms with van der Waals surface area (Å²) in [5, 5.41) is 3.59. The zero-order chi connectivity index (χ0) is 9.84. The molecule has 1 rings (SSSR count). The van der Waals surface area contributed by atoms with E-state index < -0.39 is 0 Å². The van der Waals surface area contributed by atoms with Crippen molar-refractivity contribution in [3.63, 3.8) is 0 Å². The Hall–Kier alpha value is -0.730. The SMILES string of the molecule is CCNC(=O)c1cc(Cl)cc(Cl)c1. The van der Waals surface area contributed by atoms with Crippen molar-refractivity contribution in [1.82, 2.24) is 5.32 Å². The van der Waals surface area contributed by atoms with Gasteiger partial charge in [0.05, 0.1) is 0 Å². The van der Waals surface area contributed by atoms with Crippen molar-refractivity contribution < 1.29 is 4.79 Å². The minimum atomic E-state index is -0.160. The molecule has 0 fully saturated rings. The fraction of sp³-hybridized carbons (Fsp3) is 0.222. The normalized spacial score (nSPS) is 9.77. The van der Waals surface area contributed by atoms with Crippen molar-refractivity contribution in [2.75, 3.05) is 6.54 Å². The molecule has 13 heavy (non-hydrogen) atoms. The molecule has 2 nitrogen and oxygen atoms in total. The minimum Gasteiger partial charge on any atom is -0.352 e. The van der Waals surface area contributed by atoms with Gasteiger partial charge >= 0.3 is 0 Å². The van der Waals surface area contributed by atoms with E-state index >= 15 is 0 Å². The first-order chi connectivity index (χ1) is 6.13. The van der Waals surface area contributed by atoms with Crippen LogP contribution < -0.4 is 5.32 Å². The summed E-state index contributed by atoms with van der Waals surface area (Å²) in [6, 6.07) is 4.75. The molecule has 0 aromatic heterocycles. The van der Waals surface area contributed by atoms with Crippen LogP contribution in [0.5, 0.6) is 0 Å². The third-order valence-electron chi connectivity index (χ3n) is 1.46. The van der Waals surface area contributed by atoms with Gasteiger partial charge in [-0.25, -0.2) is 0 Å². The van der Waals surface area contributed by atoms with Crippen molar-refractivity contribution >= 4 is 29.1 Å². The average molecular weight is 218 g/mol. The smallest absolute Gasteiger partial charge is 0.251 e. The van der Waals surface area contributed by atoms with Crippen molar-refractivity contribution in [3.05, 3.63) is 33.8 Å². The Morgan fingerprint density at radius 1 is 1.31 bits per heavy atom. The maximum absolute atomic E-state index is 11.3. The molecule has 0 aliphatic rings. The maximum atomic E-state index is 11.3. The van der Waals surface area contributed by atoms with Crippen LogP contribution >= 0.6 is 23.2 Å². The van der Waals surface area contributed by atoms with Crippen LogP contribution in [0.3, 0.4) is 0 Å². The van der Waals surface area contributed by atoms with Crippen molar-refractivity contribution in [3.8, 4) is 0 Å². The highest BCUT2D eigenvalue weighted by Gasteiger charge is 2.05. The summed E-state index contributed by atoms with van der Waals surface area (Å²) in [4.78, 5) is 11.3. The average Bonchev–Trinajstić information content (AvgIpc) is 2.03. The van der Waals surface area contributed by atoms with Crippen molar-refractivity contribution in [2.24, 2.45) is 0 Å². The van der Waals surface area contributed by atoms with Gasteiger partial charge < -0.3 is 5.32 Å². The van der Waals surface area contributed by atoms with E-state index in [2.05, 4.69) is 5.32 Å². The quantitative estimate of drug-likeness (QED) is 0.812. The van der Waals surface area contributed by atoms with E-state index in [1.807, 2.05) is 6.92 Å². The number of nitrogens with one attached hydrogen (secondary N) is 1. The molecule has 0 saturated carbocycles. The molecule has 0 radical (unpaired) electrons. The third-order valence-corrected chi connectivity index (χ3v) is 1.90. The Morgan fingerprint density at radius 2 is 1.85 bits per heavy atom. The Morgan fingerprint density at radius 3 is 2.31 bits per heavy atom. The van der Waals surface area contributed by atoms with Crippen LogP contribution in [0, 0.1) is 0 Å². The Balaban J connectivity index is 2.94. The molecule has 1 aromatic carbocycles. The second kappa shape index (κ2) is 4.49. The standard InChI is InChI=1S/C9H9Cl2NO/c1-2-12-9(13)6-3-7(10)5-8(11)4-6/h3-5H,2H2,1H3,(H,12,13). The highest BCUT2D eigenvalue weighted by Crippen LogP contribution is 2.18. The van der Waals surface area contributed by atoms with Gasteiger partial charge in [0.15, 0.2) is 0 Å². The number of hydrogen-bond acceptors (Lipinski definition) is 1. The van der Waals surface area contributed by atoms with Crippen LogP contribution in [-0.4, -0.2) is 12.5 Å². The van der Waals surface area contributed by atoms with Crippen LogP contribution in [0.25, 0.3) is 0 Å². The molecule has 0 bridgehead atoms. The largest absolute Gasteiger partial charge is 0.352 e. The molecule has 0 atom stereocenters. The van der Waals surface area contributed by atoms with E-state index in [4.69, 9.17) is 23.2 Å². The lowest BCUT2D eigenvalue weighted by Gasteiger charge is -2.02. The molecule has 0 unspecified atom stereocenters. The third kappa shape index (κ3) is 2.90. The van der Waals surface area contributed by atoms with Crippen LogP contribution in [-0.2, 0) is 0 Å². The molecular weight excluding hydrogens is 209 g/mol. The predicted molar refractivity (Wildman–Crippen MR) is 54.5 cm³/mol. The number of carbonyl (C=O) groups is 1. The highest BCUT2D eigenvalue weighted by atomic mass is 35.5. The summed E-state index contributed by atoms with van der Waals surface area (Å²) in [7, 11) is 0. The number of benzene rings is 1. The number of amides is 1. The fourth-order valence-electron chi connectivity index (χ4n) is 0.948. The molecule has 0 spiro atoms.